The van der Waals surface area contributed by atoms with E-state index in [1.807, 2.05) is 28.7 Å². The van der Waals surface area contributed by atoms with E-state index < -0.39 is 41.9 Å². The maximum atomic E-state index is 13.3. The van der Waals surface area contributed by atoms with Crippen molar-refractivity contribution in [3.63, 3.8) is 0 Å². The molecule has 0 radical (unpaired) electrons. The highest BCUT2D eigenvalue weighted by molar-refractivity contribution is 14.1. The Bertz CT molecular complexity index is 1280. The number of nitrogens with two attached hydrogens (primary N) is 1. The van der Waals surface area contributed by atoms with Gasteiger partial charge in [0.2, 0.25) is 17.7 Å². The zero-order valence-electron chi connectivity index (χ0n) is 25.2. The van der Waals surface area contributed by atoms with Crippen LogP contribution >= 0.6 is 22.6 Å². The van der Waals surface area contributed by atoms with Crippen molar-refractivity contribution in [3.05, 3.63) is 63.2 Å². The van der Waals surface area contributed by atoms with Crippen molar-refractivity contribution < 1.29 is 39.3 Å². The first kappa shape index (κ1) is 37.5. The van der Waals surface area contributed by atoms with Gasteiger partial charge in [0, 0.05) is 25.8 Å². The average molecular weight is 739 g/mol. The van der Waals surface area contributed by atoms with Crippen molar-refractivity contribution in [3.8, 4) is 5.75 Å². The molecule has 45 heavy (non-hydrogen) atoms. The number of carboxylic acid groups (broad SMARTS) is 2. The lowest BCUT2D eigenvalue weighted by molar-refractivity contribution is -0.142. The molecule has 0 aliphatic heterocycles. The molecule has 8 N–H and O–H groups in total. The van der Waals surface area contributed by atoms with Crippen LogP contribution in [0.25, 0.3) is 0 Å². The van der Waals surface area contributed by atoms with Gasteiger partial charge in [-0.15, -0.1) is 0 Å². The van der Waals surface area contributed by atoms with Crippen molar-refractivity contribution in [2.45, 2.75) is 88.8 Å². The van der Waals surface area contributed by atoms with Crippen molar-refractivity contribution >= 4 is 52.3 Å². The van der Waals surface area contributed by atoms with Gasteiger partial charge in [-0.25, -0.2) is 4.79 Å². The number of aromatic hydroxyl groups is 1. The molecular formula is C32H43IN4O8. The molecule has 0 spiro atoms. The maximum Gasteiger partial charge on any atom is 0.326 e. The first-order valence-electron chi connectivity index (χ1n) is 15.0. The predicted molar refractivity (Wildman–Crippen MR) is 176 cm³/mol. The summed E-state index contributed by atoms with van der Waals surface area (Å²) in [6.45, 7) is 0.364. The van der Waals surface area contributed by atoms with Gasteiger partial charge in [0.25, 0.3) is 0 Å². The minimum Gasteiger partial charge on any atom is -0.507 e. The van der Waals surface area contributed by atoms with Gasteiger partial charge in [-0.3, -0.25) is 19.2 Å². The molecule has 0 saturated heterocycles. The fourth-order valence-corrected chi connectivity index (χ4v) is 5.18. The van der Waals surface area contributed by atoms with Gasteiger partial charge < -0.3 is 37.0 Å². The molecule has 0 heterocycles. The molecule has 0 aromatic heterocycles. The molecule has 0 fully saturated rings. The minimum atomic E-state index is -1.21. The quantitative estimate of drug-likeness (QED) is 0.0741. The second kappa shape index (κ2) is 20.3. The van der Waals surface area contributed by atoms with Gasteiger partial charge in [0.15, 0.2) is 0 Å². The first-order valence-corrected chi connectivity index (χ1v) is 16.1. The molecule has 0 saturated carbocycles. The number of benzene rings is 2. The predicted octanol–water partition coefficient (Wildman–Crippen LogP) is 2.88. The third-order valence-electron chi connectivity index (χ3n) is 7.12. The normalized spacial score (nSPS) is 12.8. The molecular weight excluding hydrogens is 695 g/mol. The van der Waals surface area contributed by atoms with E-state index in [4.69, 9.17) is 10.8 Å². The number of phenolic OH excluding ortho intramolecular Hbond substituents is 1. The van der Waals surface area contributed by atoms with Crippen LogP contribution in [0.15, 0.2) is 48.5 Å². The highest BCUT2D eigenvalue weighted by atomic mass is 127. The van der Waals surface area contributed by atoms with Crippen molar-refractivity contribution in [1.29, 1.82) is 0 Å². The summed E-state index contributed by atoms with van der Waals surface area (Å²) in [6, 6.07) is 10.7. The minimum absolute atomic E-state index is 0.117. The highest BCUT2D eigenvalue weighted by Gasteiger charge is 2.28. The smallest absolute Gasteiger partial charge is 0.326 e. The number of amides is 3. The lowest BCUT2D eigenvalue weighted by Crippen LogP contribution is -2.55. The zero-order chi connectivity index (χ0) is 33.2. The second-order valence-corrected chi connectivity index (χ2v) is 12.1. The van der Waals surface area contributed by atoms with Crippen LogP contribution in [0.5, 0.6) is 5.75 Å². The number of hydrogen-bond donors (Lipinski definition) is 7. The van der Waals surface area contributed by atoms with Gasteiger partial charge in [-0.05, 0) is 84.4 Å². The Morgan fingerprint density at radius 1 is 0.756 bits per heavy atom. The van der Waals surface area contributed by atoms with Crippen molar-refractivity contribution in [1.82, 2.24) is 16.0 Å². The third-order valence-corrected chi connectivity index (χ3v) is 7.98. The number of unbranched alkanes of at least 4 members (excludes halogenated alkanes) is 4. The molecule has 2 aromatic rings. The van der Waals surface area contributed by atoms with Gasteiger partial charge in [0.05, 0.1) is 9.61 Å². The third kappa shape index (κ3) is 15.2. The fraction of sp³-hybridized carbons (Fsp3) is 0.469. The van der Waals surface area contributed by atoms with Crippen LogP contribution in [0.2, 0.25) is 0 Å². The number of carbonyl (C=O) groups excluding carboxylic acids is 3. The van der Waals surface area contributed by atoms with Crippen LogP contribution in [0.1, 0.15) is 68.9 Å². The molecule has 2 rings (SSSR count). The summed E-state index contributed by atoms with van der Waals surface area (Å²) < 4.78 is 0.614. The van der Waals surface area contributed by atoms with E-state index in [9.17, 15) is 34.2 Å². The molecule has 246 valence electrons. The van der Waals surface area contributed by atoms with Crippen molar-refractivity contribution in [2.75, 3.05) is 6.54 Å². The van der Waals surface area contributed by atoms with Crippen LogP contribution in [0.3, 0.4) is 0 Å². The topological polar surface area (TPSA) is 208 Å². The number of nitrogens with one attached hydrogen (secondary N) is 3. The van der Waals surface area contributed by atoms with E-state index >= 15 is 0 Å². The fourth-order valence-electron chi connectivity index (χ4n) is 4.60. The Kier molecular flexibility index (Phi) is 16.9. The van der Waals surface area contributed by atoms with Gasteiger partial charge in [-0.1, -0.05) is 49.2 Å². The number of hydrogen-bond acceptors (Lipinski definition) is 7. The van der Waals surface area contributed by atoms with Gasteiger partial charge in [-0.2, -0.15) is 0 Å². The zero-order valence-corrected chi connectivity index (χ0v) is 27.3. The summed E-state index contributed by atoms with van der Waals surface area (Å²) in [4.78, 5) is 60.8. The summed E-state index contributed by atoms with van der Waals surface area (Å²) in [5.41, 5.74) is 7.65. The van der Waals surface area contributed by atoms with Gasteiger partial charge >= 0.3 is 11.9 Å². The maximum absolute atomic E-state index is 13.3. The van der Waals surface area contributed by atoms with Crippen LogP contribution < -0.4 is 21.7 Å². The SMILES string of the molecule is NC(Cc1ccc(O)c(I)c1)C(=O)NC(Cc1ccccc1)C(=O)NC(CCCCNC(=O)CCCCCCC(=O)O)C(=O)O. The van der Waals surface area contributed by atoms with Crippen molar-refractivity contribution in [2.24, 2.45) is 5.73 Å². The van der Waals surface area contributed by atoms with E-state index in [0.29, 0.717) is 42.2 Å². The Labute approximate surface area is 276 Å². The average Bonchev–Trinajstić information content (AvgIpc) is 2.99. The summed E-state index contributed by atoms with van der Waals surface area (Å²) in [6.07, 6.45) is 4.62. The Balaban J connectivity index is 1.87. The molecule has 3 amide bonds. The molecule has 2 aromatic carbocycles. The molecule has 0 bridgehead atoms. The number of aliphatic carboxylic acids is 2. The Morgan fingerprint density at radius 3 is 2.07 bits per heavy atom. The summed E-state index contributed by atoms with van der Waals surface area (Å²) in [7, 11) is 0. The first-order chi connectivity index (χ1) is 21.5. The standard InChI is InChI=1S/C32H43IN4O8/c33-23-18-22(15-16-27(23)38)19-24(34)30(42)37-26(20-21-10-4-3-5-11-21)31(43)36-25(32(44)45)12-8-9-17-35-28(39)13-6-1-2-7-14-29(40)41/h3-5,10-11,15-16,18,24-26,38H,1-2,6-9,12-14,17,19-20,34H2,(H,35,39)(H,36,43)(H,37,42)(H,40,41)(H,44,45). The summed E-state index contributed by atoms with van der Waals surface area (Å²) in [5, 5.41) is 36.2. The number of phenols is 1. The number of carbonyl (C=O) groups is 5. The van der Waals surface area contributed by atoms with E-state index in [2.05, 4.69) is 16.0 Å². The van der Waals surface area contributed by atoms with Crippen LogP contribution in [-0.2, 0) is 36.8 Å². The molecule has 0 aliphatic rings. The van der Waals surface area contributed by atoms with E-state index in [1.54, 1.807) is 36.4 Å². The van der Waals surface area contributed by atoms with Crippen LogP contribution in [0, 0.1) is 3.57 Å². The lowest BCUT2D eigenvalue weighted by atomic mass is 10.0. The van der Waals surface area contributed by atoms with E-state index in [1.165, 1.54) is 6.07 Å². The monoisotopic (exact) mass is 738 g/mol. The second-order valence-electron chi connectivity index (χ2n) is 10.9. The number of rotatable bonds is 21. The summed E-state index contributed by atoms with van der Waals surface area (Å²) >= 11 is 1.97. The highest BCUT2D eigenvalue weighted by Crippen LogP contribution is 2.21. The van der Waals surface area contributed by atoms with Crippen LogP contribution in [0.4, 0.5) is 0 Å². The molecule has 12 nitrogen and oxygen atoms in total. The lowest BCUT2D eigenvalue weighted by Gasteiger charge is -2.23. The van der Waals surface area contributed by atoms with E-state index in [-0.39, 0.29) is 37.3 Å². The largest absolute Gasteiger partial charge is 0.507 e. The van der Waals surface area contributed by atoms with Crippen LogP contribution in [-0.4, -0.2) is 69.7 Å². The molecule has 3 atom stereocenters. The molecule has 0 aliphatic carbocycles. The Morgan fingerprint density at radius 2 is 1.42 bits per heavy atom. The number of carboxylic acids is 2. The summed E-state index contributed by atoms with van der Waals surface area (Å²) in [5.74, 6) is -3.26. The Hall–Kier alpha value is -3.72. The van der Waals surface area contributed by atoms with Gasteiger partial charge in [0.1, 0.15) is 17.8 Å². The van der Waals surface area contributed by atoms with E-state index in [0.717, 1.165) is 24.0 Å². The number of halogens is 1. The molecule has 13 heteroatoms. The molecule has 3 unspecified atom stereocenters.